The van der Waals surface area contributed by atoms with Crippen LogP contribution in [0.1, 0.15) is 27.1 Å². The lowest BCUT2D eigenvalue weighted by atomic mass is 10.1. The Labute approximate surface area is 254 Å². The second-order valence-electron chi connectivity index (χ2n) is 9.54. The first-order chi connectivity index (χ1) is 21.5. The third kappa shape index (κ3) is 7.21. The van der Waals surface area contributed by atoms with Gasteiger partial charge in [0.05, 0.1) is 29.4 Å². The van der Waals surface area contributed by atoms with Gasteiger partial charge in [-0.05, 0) is 66.7 Å². The lowest BCUT2D eigenvalue weighted by molar-refractivity contribution is -0.0521. The Balaban J connectivity index is 1.54. The molecule has 2 heterocycles. The minimum Gasteiger partial charge on any atom is -0.484 e. The van der Waals surface area contributed by atoms with Crippen LogP contribution < -0.4 is 19.1 Å². The van der Waals surface area contributed by atoms with E-state index in [1.807, 2.05) is 0 Å². The Morgan fingerprint density at radius 2 is 1.73 bits per heavy atom. The lowest BCUT2D eigenvalue weighted by Gasteiger charge is -2.25. The number of amides is 2. The summed E-state index contributed by atoms with van der Waals surface area (Å²) in [7, 11) is -4.95. The average Bonchev–Trinajstić information content (AvgIpc) is 3.53. The molecule has 234 valence electrons. The van der Waals surface area contributed by atoms with E-state index in [-0.39, 0.29) is 34.9 Å². The number of ether oxygens (including phenoxy) is 3. The fourth-order valence-corrected chi connectivity index (χ4v) is 5.73. The van der Waals surface area contributed by atoms with Gasteiger partial charge in [-0.15, -0.1) is 0 Å². The van der Waals surface area contributed by atoms with E-state index in [0.29, 0.717) is 29.5 Å². The minimum atomic E-state index is -4.95. The summed E-state index contributed by atoms with van der Waals surface area (Å²) in [5.74, 6) is -5.19. The SMILES string of the molecule is O=C(Nc1ccc(C(=O)N(c2ccc(OC(F)F)c(O[C@@H]3CCOC3)c2)S(=O)(=O)c2ccc(F)c(F)c2)cc1)c1cccnc1. The van der Waals surface area contributed by atoms with E-state index >= 15 is 0 Å². The van der Waals surface area contributed by atoms with E-state index in [4.69, 9.17) is 9.47 Å². The molecule has 1 fully saturated rings. The van der Waals surface area contributed by atoms with Crippen molar-refractivity contribution in [2.24, 2.45) is 0 Å². The van der Waals surface area contributed by atoms with Gasteiger partial charge in [-0.3, -0.25) is 14.6 Å². The second-order valence-corrected chi connectivity index (χ2v) is 11.3. The Kier molecular flexibility index (Phi) is 9.29. The first kappa shape index (κ1) is 31.4. The molecule has 1 saturated heterocycles. The standard InChI is InChI=1S/C30H23F4N3O7S/c31-24-9-8-23(15-25(24)32)45(40,41)37(21-7-10-26(44-30(33)34)27(14-21)43-22-11-13-42-17-22)29(39)18-3-5-20(6-4-18)36-28(38)19-2-1-12-35-16-19/h1-10,12,14-16,22,30H,11,13,17H2,(H,36,38)/t22-/m1/s1. The van der Waals surface area contributed by atoms with Gasteiger partial charge in [0.1, 0.15) is 6.10 Å². The lowest BCUT2D eigenvalue weighted by Crippen LogP contribution is -2.37. The van der Waals surface area contributed by atoms with Gasteiger partial charge >= 0.3 is 6.61 Å². The molecule has 0 unspecified atom stereocenters. The quantitative estimate of drug-likeness (QED) is 0.227. The number of carbonyl (C=O) groups excluding carboxylic acids is 2. The molecule has 15 heteroatoms. The average molecular weight is 646 g/mol. The van der Waals surface area contributed by atoms with Crippen molar-refractivity contribution in [3.8, 4) is 11.5 Å². The Morgan fingerprint density at radius 1 is 0.956 bits per heavy atom. The molecule has 1 aromatic heterocycles. The number of aromatic nitrogens is 1. The van der Waals surface area contributed by atoms with Gasteiger partial charge < -0.3 is 19.5 Å². The van der Waals surface area contributed by atoms with Gasteiger partial charge in [0.15, 0.2) is 23.1 Å². The van der Waals surface area contributed by atoms with Crippen molar-refractivity contribution in [1.29, 1.82) is 0 Å². The third-order valence-corrected chi connectivity index (χ3v) is 8.19. The van der Waals surface area contributed by atoms with Crippen LogP contribution in [0.2, 0.25) is 0 Å². The summed E-state index contributed by atoms with van der Waals surface area (Å²) in [6.07, 6.45) is 2.66. The number of nitrogens with zero attached hydrogens (tertiary/aromatic N) is 2. The second kappa shape index (κ2) is 13.3. The molecule has 0 aliphatic carbocycles. The molecular formula is C30H23F4N3O7S. The maximum atomic E-state index is 14.1. The molecule has 0 radical (unpaired) electrons. The van der Waals surface area contributed by atoms with Crippen LogP contribution in [0.5, 0.6) is 11.5 Å². The molecule has 1 aliphatic heterocycles. The van der Waals surface area contributed by atoms with Crippen molar-refractivity contribution >= 4 is 33.2 Å². The largest absolute Gasteiger partial charge is 0.484 e. The highest BCUT2D eigenvalue weighted by Gasteiger charge is 2.34. The summed E-state index contributed by atoms with van der Waals surface area (Å²) in [6.45, 7) is -2.79. The molecule has 0 spiro atoms. The molecule has 3 aromatic carbocycles. The van der Waals surface area contributed by atoms with E-state index in [1.54, 1.807) is 6.07 Å². The summed E-state index contributed by atoms with van der Waals surface area (Å²) in [5, 5.41) is 2.62. The zero-order valence-corrected chi connectivity index (χ0v) is 23.8. The molecule has 45 heavy (non-hydrogen) atoms. The number of halogens is 4. The highest BCUT2D eigenvalue weighted by Crippen LogP contribution is 2.37. The van der Waals surface area contributed by atoms with Crippen LogP contribution in [0.15, 0.2) is 90.1 Å². The van der Waals surface area contributed by atoms with Crippen molar-refractivity contribution in [3.63, 3.8) is 0 Å². The number of carbonyl (C=O) groups is 2. The number of rotatable bonds is 10. The van der Waals surface area contributed by atoms with E-state index in [1.165, 1.54) is 42.7 Å². The van der Waals surface area contributed by atoms with Gasteiger partial charge in [0.25, 0.3) is 21.8 Å². The van der Waals surface area contributed by atoms with Gasteiger partial charge in [-0.2, -0.15) is 13.1 Å². The van der Waals surface area contributed by atoms with E-state index in [2.05, 4.69) is 15.0 Å². The van der Waals surface area contributed by atoms with Crippen molar-refractivity contribution in [3.05, 3.63) is 108 Å². The van der Waals surface area contributed by atoms with Crippen molar-refractivity contribution in [2.45, 2.75) is 24.0 Å². The zero-order valence-electron chi connectivity index (χ0n) is 23.0. The predicted molar refractivity (Wildman–Crippen MR) is 152 cm³/mol. The number of alkyl halides is 2. The number of sulfonamides is 1. The van der Waals surface area contributed by atoms with Crippen LogP contribution in [0.3, 0.4) is 0 Å². The highest BCUT2D eigenvalue weighted by atomic mass is 32.2. The molecular weight excluding hydrogens is 622 g/mol. The van der Waals surface area contributed by atoms with Crippen LogP contribution in [0, 0.1) is 11.6 Å². The van der Waals surface area contributed by atoms with Crippen LogP contribution in [-0.2, 0) is 14.8 Å². The van der Waals surface area contributed by atoms with Gasteiger partial charge in [-0.1, -0.05) is 0 Å². The number of hydrogen-bond acceptors (Lipinski definition) is 8. The third-order valence-electron chi connectivity index (χ3n) is 6.49. The van der Waals surface area contributed by atoms with E-state index in [9.17, 15) is 35.6 Å². The summed E-state index contributed by atoms with van der Waals surface area (Å²) in [5.41, 5.74) is -0.0457. The monoisotopic (exact) mass is 645 g/mol. The van der Waals surface area contributed by atoms with E-state index in [0.717, 1.165) is 24.3 Å². The summed E-state index contributed by atoms with van der Waals surface area (Å²) in [6, 6.07) is 13.0. The first-order valence-corrected chi connectivity index (χ1v) is 14.7. The maximum Gasteiger partial charge on any atom is 0.387 e. The van der Waals surface area contributed by atoms with Crippen molar-refractivity contribution in [2.75, 3.05) is 22.8 Å². The number of anilines is 2. The molecule has 2 amide bonds. The normalized spacial score (nSPS) is 14.6. The molecule has 10 nitrogen and oxygen atoms in total. The summed E-state index contributed by atoms with van der Waals surface area (Å²) >= 11 is 0. The van der Waals surface area contributed by atoms with Gasteiger partial charge in [0, 0.05) is 36.1 Å². The molecule has 0 bridgehead atoms. The molecule has 1 N–H and O–H groups in total. The van der Waals surface area contributed by atoms with Crippen LogP contribution >= 0.6 is 0 Å². The predicted octanol–water partition coefficient (Wildman–Crippen LogP) is 5.42. The summed E-state index contributed by atoms with van der Waals surface area (Å²) in [4.78, 5) is 29.4. The Hall–Kier alpha value is -5.02. The molecule has 5 rings (SSSR count). The number of benzene rings is 3. The smallest absolute Gasteiger partial charge is 0.387 e. The van der Waals surface area contributed by atoms with Crippen molar-refractivity contribution in [1.82, 2.24) is 4.98 Å². The summed E-state index contributed by atoms with van der Waals surface area (Å²) < 4.78 is 97.6. The highest BCUT2D eigenvalue weighted by molar-refractivity contribution is 7.93. The van der Waals surface area contributed by atoms with Crippen molar-refractivity contribution < 1.29 is 49.8 Å². The zero-order chi connectivity index (χ0) is 32.1. The fourth-order valence-electron chi connectivity index (χ4n) is 4.32. The van der Waals surface area contributed by atoms with Crippen LogP contribution in [0.4, 0.5) is 28.9 Å². The fraction of sp³-hybridized carbons (Fsp3) is 0.167. The minimum absolute atomic E-state index is 0.123. The van der Waals surface area contributed by atoms with Gasteiger partial charge in [0.2, 0.25) is 0 Å². The van der Waals surface area contributed by atoms with Crippen LogP contribution in [-0.4, -0.2) is 51.1 Å². The Morgan fingerprint density at radius 3 is 2.38 bits per heavy atom. The number of nitrogens with one attached hydrogen (secondary N) is 1. The topological polar surface area (TPSA) is 124 Å². The molecule has 4 aromatic rings. The number of pyridine rings is 1. The molecule has 1 aliphatic rings. The molecule has 1 atom stereocenters. The van der Waals surface area contributed by atoms with E-state index < -0.39 is 56.8 Å². The van der Waals surface area contributed by atoms with Crippen LogP contribution in [0.25, 0.3) is 0 Å². The Bertz CT molecular complexity index is 1800. The maximum absolute atomic E-state index is 14.1. The number of hydrogen-bond donors (Lipinski definition) is 1. The molecule has 0 saturated carbocycles. The van der Waals surface area contributed by atoms with Gasteiger partial charge in [-0.25, -0.2) is 17.2 Å². The first-order valence-electron chi connectivity index (χ1n) is 13.2.